The summed E-state index contributed by atoms with van der Waals surface area (Å²) < 4.78 is 21.3. The second kappa shape index (κ2) is 32.9. The van der Waals surface area contributed by atoms with Crippen LogP contribution in [0, 0.1) is 45.3 Å². The molecular weight excluding hydrogens is 1800 g/mol. The third-order valence-electron chi connectivity index (χ3n) is 28.9. The Morgan fingerprint density at radius 1 is 0.161 bits per heavy atom. The first kappa shape index (κ1) is 82.3. The van der Waals surface area contributed by atoms with Gasteiger partial charge in [-0.15, -0.1) is 34.0 Å². The number of rotatable bonds is 9. The van der Waals surface area contributed by atoms with E-state index in [0.717, 1.165) is 127 Å². The van der Waals surface area contributed by atoms with Crippen molar-refractivity contribution in [3.05, 3.63) is 471 Å². The average Bonchev–Trinajstić information content (AvgIpc) is 1.55. The minimum Gasteiger partial charge on any atom is -0.309 e. The van der Waals surface area contributed by atoms with Crippen LogP contribution >= 0.6 is 34.0 Å². The zero-order valence-electron chi connectivity index (χ0n) is 76.4. The topological polar surface area (TPSA) is 125 Å². The third-order valence-corrected chi connectivity index (χ3v) is 32.7. The molecular formula is C130H74N10S3. The van der Waals surface area contributed by atoms with Crippen LogP contribution < -0.4 is 0 Å². The van der Waals surface area contributed by atoms with E-state index in [0.29, 0.717) is 22.3 Å². The van der Waals surface area contributed by atoms with Gasteiger partial charge in [0.1, 0.15) is 0 Å². The lowest BCUT2D eigenvalue weighted by Crippen LogP contribution is -1.99. The van der Waals surface area contributed by atoms with Crippen molar-refractivity contribution in [3.63, 3.8) is 0 Å². The molecule has 0 amide bonds. The number of para-hydroxylation sites is 11. The SMILES string of the molecule is N#Cc1ccc(-c2cccc3c2sc2c3ccc3c2c2c(C#N)cccc2n3-c2ccccc2)c(-n2c3ccccc3c3ccccc32)c1.N#Cc1ccc(-n2c3ccccc3c3ccccc32)c(-c2cccc3c2sc2c3ccc3c2c2ccccc2n3-c2ccccc2)c1.N#Cc1cccc(-n2c3ccccc3c3ccccc32)c1-c1cccc2c1sc1c2ccc2c1c1ccccc1n2-c1ccccc1. The highest BCUT2D eigenvalue weighted by atomic mass is 32.1. The zero-order chi connectivity index (χ0) is 94.8. The second-order valence-electron chi connectivity index (χ2n) is 36.3. The van der Waals surface area contributed by atoms with Crippen molar-refractivity contribution in [3.8, 4) is 91.8 Å². The third kappa shape index (κ3) is 12.5. The van der Waals surface area contributed by atoms with Crippen LogP contribution in [0.15, 0.2) is 449 Å². The minimum atomic E-state index is 0.614. The maximum absolute atomic E-state index is 10.6. The predicted octanol–water partition coefficient (Wildman–Crippen LogP) is 35.2. The lowest BCUT2D eigenvalue weighted by atomic mass is 9.96. The molecule has 0 aliphatic heterocycles. The molecule has 0 aliphatic carbocycles. The van der Waals surface area contributed by atoms with Gasteiger partial charge in [-0.2, -0.15) is 21.0 Å². The van der Waals surface area contributed by atoms with Crippen LogP contribution in [-0.4, -0.2) is 27.4 Å². The van der Waals surface area contributed by atoms with Crippen molar-refractivity contribution >= 4 is 225 Å². The summed E-state index contributed by atoms with van der Waals surface area (Å²) in [6.45, 7) is 0. The summed E-state index contributed by atoms with van der Waals surface area (Å²) in [5.74, 6) is 0. The van der Waals surface area contributed by atoms with Crippen LogP contribution in [0.25, 0.3) is 259 Å². The first-order valence-corrected chi connectivity index (χ1v) is 50.1. The quantitative estimate of drug-likeness (QED) is 0.143. The monoisotopic (exact) mass is 1870 g/mol. The van der Waals surface area contributed by atoms with Gasteiger partial charge in [0, 0.05) is 176 Å². The number of aromatic nitrogens is 6. The van der Waals surface area contributed by atoms with E-state index in [1.807, 2.05) is 71.2 Å². The van der Waals surface area contributed by atoms with Gasteiger partial charge >= 0.3 is 0 Å². The standard InChI is InChI=1S/C44H24N4S.2C43H25N3S/c45-25-27-20-21-32(40(24-27)48-36-17-6-4-13-30(36)31-14-5-7-18-37(31)48)33-15-9-16-34-35-22-23-39-42(44(35)49-43(33)34)41-28(26-46)10-8-19-38(41)47(39)29-11-2-1-3-12-29;44-26-27-12-10-23-38(46-35-20-7-4-15-29(35)30-16-5-8-21-36(30)46)40(27)34-19-11-18-31-32-24-25-39-41(43(32)47-42(31)34)33-17-6-9-22-37(33)45(39)28-13-2-1-3-14-28;44-26-27-21-23-39(46-36-18-7-4-13-29(36)30-14-5-8-19-37(30)46)35(25-27)32-17-10-16-31-33-22-24-40-41(43(33)47-42(31)32)34-15-6-9-20-38(34)45(40)28-11-2-1-3-12-28/h1-24H;2*1-25H. The molecule has 30 aromatic rings. The summed E-state index contributed by atoms with van der Waals surface area (Å²) in [5, 5.41) is 62.6. The molecule has 143 heavy (non-hydrogen) atoms. The van der Waals surface area contributed by atoms with Gasteiger partial charge in [-0.05, 0) is 158 Å². The van der Waals surface area contributed by atoms with Gasteiger partial charge in [-0.3, -0.25) is 0 Å². The number of thiophene rings is 3. The highest BCUT2D eigenvalue weighted by Gasteiger charge is 2.29. The lowest BCUT2D eigenvalue weighted by Gasteiger charge is -2.16. The Morgan fingerprint density at radius 2 is 0.462 bits per heavy atom. The summed E-state index contributed by atoms with van der Waals surface area (Å²) in [5.41, 5.74) is 29.1. The van der Waals surface area contributed by atoms with E-state index in [9.17, 15) is 21.0 Å². The van der Waals surface area contributed by atoms with E-state index in [2.05, 4.69) is 452 Å². The van der Waals surface area contributed by atoms with Crippen molar-refractivity contribution in [2.24, 2.45) is 0 Å². The van der Waals surface area contributed by atoms with E-state index < -0.39 is 0 Å². The summed E-state index contributed by atoms with van der Waals surface area (Å²) in [7, 11) is 0. The van der Waals surface area contributed by atoms with Crippen molar-refractivity contribution in [2.75, 3.05) is 0 Å². The normalized spacial score (nSPS) is 11.7. The van der Waals surface area contributed by atoms with E-state index in [1.165, 1.54) is 132 Å². The summed E-state index contributed by atoms with van der Waals surface area (Å²) in [6.07, 6.45) is 0. The fraction of sp³-hybridized carbons (Fsp3) is 0. The molecule has 9 aromatic heterocycles. The summed E-state index contributed by atoms with van der Waals surface area (Å²) in [4.78, 5) is 0. The zero-order valence-corrected chi connectivity index (χ0v) is 78.9. The molecule has 10 nitrogen and oxygen atoms in total. The van der Waals surface area contributed by atoms with Crippen molar-refractivity contribution in [1.82, 2.24) is 27.4 Å². The molecule has 0 N–H and O–H groups in total. The molecule has 0 unspecified atom stereocenters. The number of fused-ring (bicyclic) bond motifs is 30. The first-order chi connectivity index (χ1) is 70.9. The molecule has 0 atom stereocenters. The smallest absolute Gasteiger partial charge is 0.0999 e. The number of hydrogen-bond donors (Lipinski definition) is 0. The molecule has 0 spiro atoms. The van der Waals surface area contributed by atoms with Crippen LogP contribution in [0.4, 0.5) is 0 Å². The second-order valence-corrected chi connectivity index (χ2v) is 39.4. The molecule has 662 valence electrons. The highest BCUT2D eigenvalue weighted by Crippen LogP contribution is 2.54. The van der Waals surface area contributed by atoms with E-state index in [-0.39, 0.29) is 0 Å². The van der Waals surface area contributed by atoms with Crippen LogP contribution in [0.1, 0.15) is 22.3 Å². The number of benzene rings is 21. The van der Waals surface area contributed by atoms with Gasteiger partial charge in [-0.1, -0.05) is 291 Å². The largest absolute Gasteiger partial charge is 0.309 e. The molecule has 0 aliphatic rings. The van der Waals surface area contributed by atoms with Gasteiger partial charge in [0.25, 0.3) is 0 Å². The van der Waals surface area contributed by atoms with E-state index in [1.54, 1.807) is 11.3 Å². The van der Waals surface area contributed by atoms with Gasteiger partial charge in [0.05, 0.1) is 130 Å². The Bertz CT molecular complexity index is 10700. The van der Waals surface area contributed by atoms with Gasteiger partial charge < -0.3 is 27.4 Å². The Hall–Kier alpha value is -19.0. The Kier molecular flexibility index (Phi) is 18.9. The molecule has 30 rings (SSSR count). The lowest BCUT2D eigenvalue weighted by molar-refractivity contribution is 1.18. The van der Waals surface area contributed by atoms with E-state index >= 15 is 0 Å². The molecule has 0 saturated carbocycles. The summed E-state index contributed by atoms with van der Waals surface area (Å²) in [6, 6.07) is 168. The summed E-state index contributed by atoms with van der Waals surface area (Å²) >= 11 is 5.47. The first-order valence-electron chi connectivity index (χ1n) is 47.7. The molecule has 0 bridgehead atoms. The molecule has 13 heteroatoms. The van der Waals surface area contributed by atoms with Crippen LogP contribution in [0.2, 0.25) is 0 Å². The molecule has 0 saturated heterocycles. The minimum absolute atomic E-state index is 0.614. The van der Waals surface area contributed by atoms with Crippen molar-refractivity contribution in [1.29, 1.82) is 21.0 Å². The van der Waals surface area contributed by atoms with Gasteiger partial charge in [0.2, 0.25) is 0 Å². The van der Waals surface area contributed by atoms with Crippen LogP contribution in [0.3, 0.4) is 0 Å². The van der Waals surface area contributed by atoms with Gasteiger partial charge in [0.15, 0.2) is 0 Å². The molecule has 9 heterocycles. The molecule has 0 fully saturated rings. The Morgan fingerprint density at radius 3 is 0.895 bits per heavy atom. The van der Waals surface area contributed by atoms with Gasteiger partial charge in [-0.25, -0.2) is 0 Å². The number of nitriles is 4. The average molecular weight is 1870 g/mol. The molecule has 21 aromatic carbocycles. The molecule has 0 radical (unpaired) electrons. The highest BCUT2D eigenvalue weighted by molar-refractivity contribution is 7.28. The van der Waals surface area contributed by atoms with Crippen LogP contribution in [-0.2, 0) is 0 Å². The van der Waals surface area contributed by atoms with E-state index in [4.69, 9.17) is 0 Å². The number of nitrogens with zero attached hydrogens (tertiary/aromatic N) is 10. The number of hydrogen-bond acceptors (Lipinski definition) is 7. The fourth-order valence-electron chi connectivity index (χ4n) is 23.0. The van der Waals surface area contributed by atoms with Crippen molar-refractivity contribution < 1.29 is 0 Å². The Balaban J connectivity index is 0.000000105. The Labute approximate surface area is 830 Å². The van der Waals surface area contributed by atoms with Crippen molar-refractivity contribution in [2.45, 2.75) is 0 Å². The predicted molar refractivity (Wildman–Crippen MR) is 599 cm³/mol. The maximum Gasteiger partial charge on any atom is 0.0999 e. The van der Waals surface area contributed by atoms with Crippen LogP contribution in [0.5, 0.6) is 0 Å². The maximum atomic E-state index is 10.6. The fourth-order valence-corrected chi connectivity index (χ4v) is 27.1.